The van der Waals surface area contributed by atoms with Gasteiger partial charge in [0.25, 0.3) is 0 Å². The van der Waals surface area contributed by atoms with E-state index >= 15 is 0 Å². The zero-order valence-electron chi connectivity index (χ0n) is 13.4. The highest BCUT2D eigenvalue weighted by Gasteiger charge is 2.11. The quantitative estimate of drug-likeness (QED) is 0.534. The number of carbonyl (C=O) groups excluding carboxylic acids is 2. The van der Waals surface area contributed by atoms with Crippen LogP contribution in [0.1, 0.15) is 13.8 Å². The lowest BCUT2D eigenvalue weighted by Gasteiger charge is -2.06. The van der Waals surface area contributed by atoms with Gasteiger partial charge in [-0.3, -0.25) is 9.59 Å². The highest BCUT2D eigenvalue weighted by Crippen LogP contribution is 2.24. The number of aromatic nitrogens is 1. The smallest absolute Gasteiger partial charge is 0.347 e. The first kappa shape index (κ1) is 16.4. The van der Waals surface area contributed by atoms with Crippen LogP contribution >= 0.6 is 0 Å². The maximum Gasteiger partial charge on any atom is 0.347 e. The molecule has 0 spiro atoms. The molecule has 0 atom stereocenters. The van der Waals surface area contributed by atoms with Gasteiger partial charge in [0.05, 0.1) is 10.9 Å². The first-order valence-corrected chi connectivity index (χ1v) is 7.34. The van der Waals surface area contributed by atoms with E-state index in [4.69, 9.17) is 13.9 Å². The Morgan fingerprint density at radius 3 is 2.32 bits per heavy atom. The first-order valence-electron chi connectivity index (χ1n) is 7.34. The number of hydrogen-bond donors (Lipinski definition) is 0. The van der Waals surface area contributed by atoms with E-state index < -0.39 is 17.6 Å². The predicted molar refractivity (Wildman–Crippen MR) is 88.3 cm³/mol. The molecule has 0 aliphatic heterocycles. The van der Waals surface area contributed by atoms with Crippen molar-refractivity contribution in [3.05, 3.63) is 52.9 Å². The second-order valence-corrected chi connectivity index (χ2v) is 5.20. The van der Waals surface area contributed by atoms with Crippen molar-refractivity contribution in [3.8, 4) is 23.0 Å². The summed E-state index contributed by atoms with van der Waals surface area (Å²) in [4.78, 5) is 38.6. The van der Waals surface area contributed by atoms with Crippen LogP contribution in [0.5, 0.6) is 11.5 Å². The van der Waals surface area contributed by atoms with Crippen LogP contribution in [0.25, 0.3) is 22.4 Å². The summed E-state index contributed by atoms with van der Waals surface area (Å²) in [6.45, 7) is 2.56. The molecule has 7 nitrogen and oxygen atoms in total. The highest BCUT2D eigenvalue weighted by molar-refractivity contribution is 5.81. The average Bonchev–Trinajstić information content (AvgIpc) is 2.54. The van der Waals surface area contributed by atoms with Crippen molar-refractivity contribution in [1.82, 2.24) is 4.98 Å². The van der Waals surface area contributed by atoms with Gasteiger partial charge in [-0.1, -0.05) is 6.07 Å². The minimum absolute atomic E-state index is 0.0896. The van der Waals surface area contributed by atoms with Crippen molar-refractivity contribution in [3.63, 3.8) is 0 Å². The van der Waals surface area contributed by atoms with Gasteiger partial charge in [-0.15, -0.1) is 0 Å². The number of benzene rings is 2. The molecule has 1 aromatic heterocycles. The maximum absolute atomic E-state index is 12.2. The minimum atomic E-state index is -0.619. The van der Waals surface area contributed by atoms with E-state index in [1.54, 1.807) is 30.3 Å². The number of hydrogen-bond acceptors (Lipinski definition) is 7. The van der Waals surface area contributed by atoms with Gasteiger partial charge in [-0.25, -0.2) is 9.78 Å². The fraction of sp³-hybridized carbons (Fsp3) is 0.111. The topological polar surface area (TPSA) is 95.7 Å². The van der Waals surface area contributed by atoms with Crippen LogP contribution in [0.3, 0.4) is 0 Å². The number of rotatable bonds is 3. The van der Waals surface area contributed by atoms with E-state index in [2.05, 4.69) is 4.98 Å². The number of ether oxygens (including phenoxy) is 2. The fourth-order valence-electron chi connectivity index (χ4n) is 2.26. The van der Waals surface area contributed by atoms with Crippen molar-refractivity contribution in [2.24, 2.45) is 0 Å². The molecule has 0 radical (unpaired) electrons. The van der Waals surface area contributed by atoms with Gasteiger partial charge in [-0.05, 0) is 36.4 Å². The predicted octanol–water partition coefficient (Wildman–Crippen LogP) is 2.71. The monoisotopic (exact) mass is 339 g/mol. The zero-order valence-corrected chi connectivity index (χ0v) is 13.4. The number of esters is 2. The van der Waals surface area contributed by atoms with Crippen LogP contribution in [0.15, 0.2) is 51.7 Å². The molecule has 126 valence electrons. The molecule has 3 aromatic rings. The van der Waals surface area contributed by atoms with E-state index in [0.717, 1.165) is 0 Å². The summed E-state index contributed by atoms with van der Waals surface area (Å²) in [5, 5.41) is 0.193. The molecular formula is C18H13NO6. The molecule has 0 unspecified atom stereocenters. The molecular weight excluding hydrogens is 326 g/mol. The van der Waals surface area contributed by atoms with Gasteiger partial charge in [0.15, 0.2) is 0 Å². The molecule has 0 saturated heterocycles. The Balaban J connectivity index is 2.05. The van der Waals surface area contributed by atoms with Crippen molar-refractivity contribution in [1.29, 1.82) is 0 Å². The van der Waals surface area contributed by atoms with Crippen molar-refractivity contribution in [2.45, 2.75) is 13.8 Å². The Hall–Kier alpha value is -3.48. The minimum Gasteiger partial charge on any atom is -0.427 e. The molecule has 0 fully saturated rings. The normalized spacial score (nSPS) is 10.5. The Morgan fingerprint density at radius 2 is 1.64 bits per heavy atom. The Kier molecular flexibility index (Phi) is 4.30. The summed E-state index contributed by atoms with van der Waals surface area (Å²) in [6.07, 6.45) is 0. The zero-order chi connectivity index (χ0) is 18.0. The third kappa shape index (κ3) is 3.72. The summed E-state index contributed by atoms with van der Waals surface area (Å²) in [7, 11) is 0. The van der Waals surface area contributed by atoms with Crippen molar-refractivity contribution >= 4 is 22.8 Å². The molecule has 3 rings (SSSR count). The molecule has 2 aromatic carbocycles. The lowest BCUT2D eigenvalue weighted by atomic mass is 10.2. The summed E-state index contributed by atoms with van der Waals surface area (Å²) in [5.41, 5.74) is 0.258. The highest BCUT2D eigenvalue weighted by atomic mass is 16.5. The van der Waals surface area contributed by atoms with Gasteiger partial charge in [0.1, 0.15) is 11.5 Å². The molecule has 0 aliphatic carbocycles. The second-order valence-electron chi connectivity index (χ2n) is 5.20. The van der Waals surface area contributed by atoms with E-state index in [1.807, 2.05) is 0 Å². The molecule has 25 heavy (non-hydrogen) atoms. The van der Waals surface area contributed by atoms with Gasteiger partial charge < -0.3 is 13.9 Å². The fourth-order valence-corrected chi connectivity index (χ4v) is 2.26. The van der Waals surface area contributed by atoms with E-state index in [1.165, 1.54) is 26.0 Å². The first-order chi connectivity index (χ1) is 11.9. The van der Waals surface area contributed by atoms with Crippen LogP contribution in [-0.2, 0) is 9.59 Å². The van der Waals surface area contributed by atoms with Crippen molar-refractivity contribution in [2.75, 3.05) is 0 Å². The van der Waals surface area contributed by atoms with E-state index in [9.17, 15) is 14.4 Å². The summed E-state index contributed by atoms with van der Waals surface area (Å²) in [6, 6.07) is 11.0. The van der Waals surface area contributed by atoms with Gasteiger partial charge in [0.2, 0.25) is 5.89 Å². The third-order valence-electron chi connectivity index (χ3n) is 3.20. The van der Waals surface area contributed by atoms with E-state index in [0.29, 0.717) is 16.8 Å². The number of fused-ring (bicyclic) bond motifs is 1. The Morgan fingerprint density at radius 1 is 0.960 bits per heavy atom. The second kappa shape index (κ2) is 6.56. The van der Waals surface area contributed by atoms with Crippen LogP contribution in [-0.4, -0.2) is 16.9 Å². The van der Waals surface area contributed by atoms with Gasteiger partial charge in [-0.2, -0.15) is 0 Å². The Bertz CT molecular complexity index is 1040. The summed E-state index contributed by atoms with van der Waals surface area (Å²) >= 11 is 0. The summed E-state index contributed by atoms with van der Waals surface area (Å²) < 4.78 is 15.2. The summed E-state index contributed by atoms with van der Waals surface area (Å²) in [5.74, 6) is -0.302. The van der Waals surface area contributed by atoms with E-state index in [-0.39, 0.29) is 17.0 Å². The molecule has 0 bridgehead atoms. The average molecular weight is 339 g/mol. The van der Waals surface area contributed by atoms with Crippen molar-refractivity contribution < 1.29 is 23.5 Å². The van der Waals surface area contributed by atoms with Gasteiger partial charge >= 0.3 is 17.6 Å². The third-order valence-corrected chi connectivity index (χ3v) is 3.20. The molecule has 7 heteroatoms. The van der Waals surface area contributed by atoms with Crippen LogP contribution in [0.2, 0.25) is 0 Å². The molecule has 1 heterocycles. The number of nitrogens with zero attached hydrogens (tertiary/aromatic N) is 1. The SMILES string of the molecule is CC(=O)Oc1cccc(-c2nc3ccc(OC(C)=O)cc3c(=O)o2)c1. The molecule has 0 aliphatic rings. The molecule has 0 N–H and O–H groups in total. The standard InChI is InChI=1S/C18H13NO6/c1-10(20)23-13-5-3-4-12(8-13)17-19-16-7-6-14(24-11(2)21)9-15(16)18(22)25-17/h3-9H,1-2H3. The maximum atomic E-state index is 12.2. The number of carbonyl (C=O) groups is 2. The Labute approximate surface area is 141 Å². The van der Waals surface area contributed by atoms with Crippen LogP contribution in [0, 0.1) is 0 Å². The molecule has 0 saturated carbocycles. The van der Waals surface area contributed by atoms with Crippen LogP contribution < -0.4 is 15.1 Å². The van der Waals surface area contributed by atoms with Gasteiger partial charge in [0, 0.05) is 19.4 Å². The largest absolute Gasteiger partial charge is 0.427 e. The van der Waals surface area contributed by atoms with Crippen LogP contribution in [0.4, 0.5) is 0 Å². The lowest BCUT2D eigenvalue weighted by molar-refractivity contribution is -0.132. The molecule has 0 amide bonds. The lowest BCUT2D eigenvalue weighted by Crippen LogP contribution is -2.06.